The van der Waals surface area contributed by atoms with Crippen molar-refractivity contribution in [2.75, 3.05) is 18.0 Å². The van der Waals surface area contributed by atoms with E-state index in [0.717, 1.165) is 42.1 Å². The van der Waals surface area contributed by atoms with E-state index in [1.165, 1.54) is 0 Å². The van der Waals surface area contributed by atoms with Gasteiger partial charge in [0.05, 0.1) is 6.61 Å². The number of aliphatic hydroxyl groups excluding tert-OH is 1. The number of aliphatic hydroxyl groups is 1. The molecule has 0 aromatic carbocycles. The fraction of sp³-hybridized carbons (Fsp3) is 0.500. The van der Waals surface area contributed by atoms with Crippen LogP contribution in [0.25, 0.3) is 0 Å². The third kappa shape index (κ3) is 3.30. The number of hydrogen-bond acceptors (Lipinski definition) is 3. The number of aryl methyl sites for hydroxylation is 2. The van der Waals surface area contributed by atoms with Crippen LogP contribution in [0.15, 0.2) is 18.7 Å². The predicted molar refractivity (Wildman–Crippen MR) is 72.3 cm³/mol. The lowest BCUT2D eigenvalue weighted by Gasteiger charge is -2.25. The van der Waals surface area contributed by atoms with Gasteiger partial charge >= 0.3 is 0 Å². The third-order valence-corrected chi connectivity index (χ3v) is 2.75. The van der Waals surface area contributed by atoms with E-state index in [1.54, 1.807) is 0 Å². The molecule has 0 spiro atoms. The summed E-state index contributed by atoms with van der Waals surface area (Å²) in [6.45, 7) is 11.6. The highest BCUT2D eigenvalue weighted by atomic mass is 16.3. The van der Waals surface area contributed by atoms with Gasteiger partial charge in [-0.05, 0) is 31.9 Å². The highest BCUT2D eigenvalue weighted by Gasteiger charge is 2.13. The summed E-state index contributed by atoms with van der Waals surface area (Å²) in [5.41, 5.74) is 3.01. The van der Waals surface area contributed by atoms with Crippen LogP contribution in [-0.4, -0.2) is 23.2 Å². The first-order valence-electron chi connectivity index (χ1n) is 6.07. The van der Waals surface area contributed by atoms with E-state index < -0.39 is 0 Å². The lowest BCUT2D eigenvalue weighted by Crippen LogP contribution is -2.27. The monoisotopic (exact) mass is 234 g/mol. The van der Waals surface area contributed by atoms with E-state index in [9.17, 15) is 5.11 Å². The van der Waals surface area contributed by atoms with Gasteiger partial charge in [-0.2, -0.15) is 0 Å². The molecule has 3 nitrogen and oxygen atoms in total. The highest BCUT2D eigenvalue weighted by molar-refractivity contribution is 5.51. The molecule has 0 aliphatic rings. The van der Waals surface area contributed by atoms with Gasteiger partial charge in [-0.3, -0.25) is 0 Å². The number of pyridine rings is 1. The first kappa shape index (κ1) is 13.7. The van der Waals surface area contributed by atoms with Crippen LogP contribution in [0, 0.1) is 13.8 Å². The molecule has 0 atom stereocenters. The molecule has 0 saturated carbocycles. The Morgan fingerprint density at radius 2 is 2.18 bits per heavy atom. The van der Waals surface area contributed by atoms with Gasteiger partial charge in [0.1, 0.15) is 5.82 Å². The van der Waals surface area contributed by atoms with Crippen LogP contribution in [0.4, 0.5) is 5.82 Å². The van der Waals surface area contributed by atoms with Gasteiger partial charge in [0, 0.05) is 24.3 Å². The Labute approximate surface area is 104 Å². The van der Waals surface area contributed by atoms with Crippen molar-refractivity contribution in [3.05, 3.63) is 35.5 Å². The molecule has 1 rings (SSSR count). The van der Waals surface area contributed by atoms with Crippen LogP contribution >= 0.6 is 0 Å². The Balaban J connectivity index is 3.19. The van der Waals surface area contributed by atoms with Gasteiger partial charge in [-0.15, -0.1) is 6.58 Å². The third-order valence-electron chi connectivity index (χ3n) is 2.75. The molecule has 0 saturated heterocycles. The van der Waals surface area contributed by atoms with Crippen molar-refractivity contribution in [3.63, 3.8) is 0 Å². The van der Waals surface area contributed by atoms with Gasteiger partial charge < -0.3 is 10.0 Å². The second-order valence-electron chi connectivity index (χ2n) is 4.28. The average molecular weight is 234 g/mol. The smallest absolute Gasteiger partial charge is 0.134 e. The van der Waals surface area contributed by atoms with Crippen molar-refractivity contribution in [1.29, 1.82) is 0 Å². The van der Waals surface area contributed by atoms with Gasteiger partial charge in [0.2, 0.25) is 0 Å². The van der Waals surface area contributed by atoms with Gasteiger partial charge in [0.15, 0.2) is 0 Å². The maximum atomic E-state index is 9.48. The van der Waals surface area contributed by atoms with Crippen LogP contribution < -0.4 is 4.90 Å². The molecule has 0 fully saturated rings. The molecule has 0 unspecified atom stereocenters. The molecule has 1 heterocycles. The van der Waals surface area contributed by atoms with Crippen molar-refractivity contribution >= 4 is 5.82 Å². The molecule has 1 aromatic rings. The normalized spacial score (nSPS) is 10.4. The maximum absolute atomic E-state index is 9.48. The fourth-order valence-corrected chi connectivity index (χ4v) is 2.01. The van der Waals surface area contributed by atoms with Gasteiger partial charge in [-0.25, -0.2) is 4.98 Å². The summed E-state index contributed by atoms with van der Waals surface area (Å²) in [5.74, 6) is 0.895. The molecule has 17 heavy (non-hydrogen) atoms. The summed E-state index contributed by atoms with van der Waals surface area (Å²) in [6.07, 6.45) is 2.92. The van der Waals surface area contributed by atoms with Crippen molar-refractivity contribution in [2.24, 2.45) is 0 Å². The molecule has 1 N–H and O–H groups in total. The molecule has 0 bridgehead atoms. The molecule has 1 aromatic heterocycles. The molecule has 0 aliphatic carbocycles. The number of nitrogens with zero attached hydrogens (tertiary/aromatic N) is 2. The van der Waals surface area contributed by atoms with E-state index in [1.807, 2.05) is 26.0 Å². The molecule has 0 radical (unpaired) electrons. The van der Waals surface area contributed by atoms with Crippen molar-refractivity contribution < 1.29 is 5.11 Å². The van der Waals surface area contributed by atoms with E-state index in [2.05, 4.69) is 23.4 Å². The largest absolute Gasteiger partial charge is 0.392 e. The molecular formula is C14H22N2O. The van der Waals surface area contributed by atoms with Crippen molar-refractivity contribution in [2.45, 2.75) is 33.8 Å². The summed E-state index contributed by atoms with van der Waals surface area (Å²) in [7, 11) is 0. The minimum Gasteiger partial charge on any atom is -0.392 e. The van der Waals surface area contributed by atoms with E-state index in [0.29, 0.717) is 0 Å². The lowest BCUT2D eigenvalue weighted by atomic mass is 10.1. The number of anilines is 1. The van der Waals surface area contributed by atoms with Crippen molar-refractivity contribution in [1.82, 2.24) is 4.98 Å². The number of rotatable bonds is 6. The maximum Gasteiger partial charge on any atom is 0.134 e. The standard InChI is InChI=1S/C14H22N2O/c1-5-7-16(8-6-2)14-13(10-17)11(3)9-12(4)15-14/h5,9,17H,1,6-8,10H2,2-4H3. The fourth-order valence-electron chi connectivity index (χ4n) is 2.01. The Kier molecular flexibility index (Phi) is 5.16. The second kappa shape index (κ2) is 6.40. The zero-order chi connectivity index (χ0) is 12.8. The Bertz CT molecular complexity index is 388. The summed E-state index contributed by atoms with van der Waals surface area (Å²) < 4.78 is 0. The zero-order valence-corrected chi connectivity index (χ0v) is 11.0. The molecule has 0 amide bonds. The molecule has 3 heteroatoms. The lowest BCUT2D eigenvalue weighted by molar-refractivity contribution is 0.280. The predicted octanol–water partition coefficient (Wildman–Crippen LogP) is 2.59. The van der Waals surface area contributed by atoms with Crippen LogP contribution in [-0.2, 0) is 6.61 Å². The quantitative estimate of drug-likeness (QED) is 0.769. The van der Waals surface area contributed by atoms with Gasteiger partial charge in [-0.1, -0.05) is 13.0 Å². The summed E-state index contributed by atoms with van der Waals surface area (Å²) in [5, 5.41) is 9.48. The van der Waals surface area contributed by atoms with Crippen molar-refractivity contribution in [3.8, 4) is 0 Å². The van der Waals surface area contributed by atoms with E-state index in [4.69, 9.17) is 0 Å². The SMILES string of the molecule is C=CCN(CCC)c1nc(C)cc(C)c1CO. The number of aromatic nitrogens is 1. The molecule has 0 aliphatic heterocycles. The first-order valence-corrected chi connectivity index (χ1v) is 6.07. The topological polar surface area (TPSA) is 36.4 Å². The van der Waals surface area contributed by atoms with Crippen LogP contribution in [0.5, 0.6) is 0 Å². The first-order chi connectivity index (χ1) is 8.13. The minimum atomic E-state index is 0.0335. The minimum absolute atomic E-state index is 0.0335. The van der Waals surface area contributed by atoms with E-state index in [-0.39, 0.29) is 6.61 Å². The second-order valence-corrected chi connectivity index (χ2v) is 4.28. The highest BCUT2D eigenvalue weighted by Crippen LogP contribution is 2.22. The van der Waals surface area contributed by atoms with Crippen LogP contribution in [0.1, 0.15) is 30.2 Å². The summed E-state index contributed by atoms with van der Waals surface area (Å²) >= 11 is 0. The Hall–Kier alpha value is -1.35. The van der Waals surface area contributed by atoms with E-state index >= 15 is 0 Å². The van der Waals surface area contributed by atoms with Crippen LogP contribution in [0.3, 0.4) is 0 Å². The van der Waals surface area contributed by atoms with Gasteiger partial charge in [0.25, 0.3) is 0 Å². The Morgan fingerprint density at radius 3 is 2.71 bits per heavy atom. The zero-order valence-electron chi connectivity index (χ0n) is 11.0. The molecular weight excluding hydrogens is 212 g/mol. The summed E-state index contributed by atoms with van der Waals surface area (Å²) in [6, 6.07) is 2.01. The summed E-state index contributed by atoms with van der Waals surface area (Å²) in [4.78, 5) is 6.73. The Morgan fingerprint density at radius 1 is 1.47 bits per heavy atom. The molecule has 94 valence electrons. The van der Waals surface area contributed by atoms with Crippen LogP contribution in [0.2, 0.25) is 0 Å². The number of hydrogen-bond donors (Lipinski definition) is 1. The average Bonchev–Trinajstić information content (AvgIpc) is 2.28.